The van der Waals surface area contributed by atoms with Crippen LogP contribution < -0.4 is 0 Å². The first kappa shape index (κ1) is 12.6. The number of aliphatic hydroxyl groups excluding tert-OH is 2. The number of nitriles is 1. The number of likely N-dealkylation sites (tertiary alicyclic amines) is 1. The third-order valence-electron chi connectivity index (χ3n) is 4.81. The molecular formula is C15H18N2O2. The molecule has 2 atom stereocenters. The van der Waals surface area contributed by atoms with Crippen LogP contribution >= 0.6 is 0 Å². The van der Waals surface area contributed by atoms with Crippen LogP contribution in [0.15, 0.2) is 24.3 Å². The van der Waals surface area contributed by atoms with Crippen molar-refractivity contribution >= 4 is 0 Å². The highest BCUT2D eigenvalue weighted by molar-refractivity contribution is 5.33. The first-order chi connectivity index (χ1) is 9.23. The predicted octanol–water partition coefficient (Wildman–Crippen LogP) is 0.591. The molecule has 1 aliphatic carbocycles. The maximum absolute atomic E-state index is 9.39. The van der Waals surface area contributed by atoms with Gasteiger partial charge in [0.1, 0.15) is 0 Å². The van der Waals surface area contributed by atoms with Crippen molar-refractivity contribution in [3.05, 3.63) is 35.4 Å². The molecule has 2 fully saturated rings. The number of fused-ring (bicyclic) bond motifs is 1. The fourth-order valence-electron chi connectivity index (χ4n) is 3.57. The predicted molar refractivity (Wildman–Crippen MR) is 70.0 cm³/mol. The number of hydrogen-bond acceptors (Lipinski definition) is 4. The molecule has 0 spiro atoms. The molecule has 2 aliphatic rings. The standard InChI is InChI=1S/C15H18N2O2/c16-5-11-2-1-3-12(4-11)6-17-7-13-14(8-17)15(13,9-18)10-19/h1-4,13-14,18-19H,6-10H2. The molecule has 3 rings (SSSR count). The summed E-state index contributed by atoms with van der Waals surface area (Å²) in [6.07, 6.45) is 0. The van der Waals surface area contributed by atoms with Crippen molar-refractivity contribution in [2.45, 2.75) is 6.54 Å². The summed E-state index contributed by atoms with van der Waals surface area (Å²) in [6, 6.07) is 9.85. The van der Waals surface area contributed by atoms with Gasteiger partial charge in [-0.25, -0.2) is 0 Å². The molecule has 2 N–H and O–H groups in total. The van der Waals surface area contributed by atoms with E-state index in [1.165, 1.54) is 0 Å². The summed E-state index contributed by atoms with van der Waals surface area (Å²) in [5.74, 6) is 0.864. The third-order valence-corrected chi connectivity index (χ3v) is 4.81. The Morgan fingerprint density at radius 1 is 1.26 bits per heavy atom. The van der Waals surface area contributed by atoms with Gasteiger partial charge in [-0.3, -0.25) is 4.90 Å². The molecule has 1 heterocycles. The molecule has 1 aromatic carbocycles. The Balaban J connectivity index is 1.62. The van der Waals surface area contributed by atoms with E-state index in [1.54, 1.807) is 0 Å². The Labute approximate surface area is 112 Å². The van der Waals surface area contributed by atoms with Gasteiger partial charge in [0.25, 0.3) is 0 Å². The zero-order valence-corrected chi connectivity index (χ0v) is 10.8. The van der Waals surface area contributed by atoms with Crippen LogP contribution in [0.5, 0.6) is 0 Å². The summed E-state index contributed by atoms with van der Waals surface area (Å²) < 4.78 is 0. The lowest BCUT2D eigenvalue weighted by atomic mass is 10.0. The zero-order valence-electron chi connectivity index (χ0n) is 10.8. The van der Waals surface area contributed by atoms with Crippen molar-refractivity contribution in [1.29, 1.82) is 5.26 Å². The van der Waals surface area contributed by atoms with Crippen molar-refractivity contribution in [3.8, 4) is 6.07 Å². The van der Waals surface area contributed by atoms with Gasteiger partial charge in [-0.2, -0.15) is 5.26 Å². The van der Waals surface area contributed by atoms with Crippen LogP contribution in [0.2, 0.25) is 0 Å². The molecule has 19 heavy (non-hydrogen) atoms. The maximum atomic E-state index is 9.39. The van der Waals surface area contributed by atoms with Gasteiger partial charge in [0, 0.05) is 25.0 Å². The molecule has 1 saturated heterocycles. The molecule has 1 aromatic rings. The van der Waals surface area contributed by atoms with E-state index < -0.39 is 0 Å². The Bertz CT molecular complexity index is 505. The fraction of sp³-hybridized carbons (Fsp3) is 0.533. The van der Waals surface area contributed by atoms with Crippen LogP contribution in [0.3, 0.4) is 0 Å². The summed E-state index contributed by atoms with van der Waals surface area (Å²) >= 11 is 0. The van der Waals surface area contributed by atoms with Gasteiger partial charge in [-0.15, -0.1) is 0 Å². The van der Waals surface area contributed by atoms with E-state index in [9.17, 15) is 10.2 Å². The quantitative estimate of drug-likeness (QED) is 0.829. The topological polar surface area (TPSA) is 67.5 Å². The summed E-state index contributed by atoms with van der Waals surface area (Å²) in [5, 5.41) is 27.7. The minimum atomic E-state index is -0.217. The van der Waals surface area contributed by atoms with E-state index in [0.717, 1.165) is 25.2 Å². The molecule has 4 heteroatoms. The largest absolute Gasteiger partial charge is 0.396 e. The Morgan fingerprint density at radius 3 is 2.53 bits per heavy atom. The minimum absolute atomic E-state index is 0.0938. The second-order valence-corrected chi connectivity index (χ2v) is 5.77. The van der Waals surface area contributed by atoms with E-state index in [1.807, 2.05) is 24.3 Å². The number of benzene rings is 1. The highest BCUT2D eigenvalue weighted by Gasteiger charge is 2.67. The van der Waals surface area contributed by atoms with Crippen molar-refractivity contribution in [2.24, 2.45) is 17.3 Å². The van der Waals surface area contributed by atoms with Gasteiger partial charge < -0.3 is 10.2 Å². The fourth-order valence-corrected chi connectivity index (χ4v) is 3.57. The smallest absolute Gasteiger partial charge is 0.0991 e. The summed E-state index contributed by atoms with van der Waals surface area (Å²) in [7, 11) is 0. The van der Waals surface area contributed by atoms with Crippen LogP contribution in [0.4, 0.5) is 0 Å². The third kappa shape index (κ3) is 1.95. The highest BCUT2D eigenvalue weighted by Crippen LogP contribution is 2.62. The number of nitrogens with zero attached hydrogens (tertiary/aromatic N) is 2. The molecule has 0 amide bonds. The molecule has 100 valence electrons. The minimum Gasteiger partial charge on any atom is -0.396 e. The van der Waals surface area contributed by atoms with Gasteiger partial charge >= 0.3 is 0 Å². The highest BCUT2D eigenvalue weighted by atomic mass is 16.3. The van der Waals surface area contributed by atoms with Crippen molar-refractivity contribution in [2.75, 3.05) is 26.3 Å². The van der Waals surface area contributed by atoms with Gasteiger partial charge in [-0.1, -0.05) is 12.1 Å². The molecule has 0 radical (unpaired) electrons. The van der Waals surface area contributed by atoms with Crippen molar-refractivity contribution in [1.82, 2.24) is 4.90 Å². The van der Waals surface area contributed by atoms with Gasteiger partial charge in [0.2, 0.25) is 0 Å². The van der Waals surface area contributed by atoms with E-state index in [4.69, 9.17) is 5.26 Å². The monoisotopic (exact) mass is 258 g/mol. The molecular weight excluding hydrogens is 240 g/mol. The van der Waals surface area contributed by atoms with Gasteiger partial charge in [0.15, 0.2) is 0 Å². The second-order valence-electron chi connectivity index (χ2n) is 5.77. The summed E-state index contributed by atoms with van der Waals surface area (Å²) in [4.78, 5) is 2.34. The Morgan fingerprint density at radius 2 is 1.95 bits per heavy atom. The van der Waals surface area contributed by atoms with Crippen molar-refractivity contribution in [3.63, 3.8) is 0 Å². The van der Waals surface area contributed by atoms with Crippen LogP contribution in [0.25, 0.3) is 0 Å². The molecule has 0 aromatic heterocycles. The number of hydrogen-bond donors (Lipinski definition) is 2. The van der Waals surface area contributed by atoms with E-state index >= 15 is 0 Å². The average molecular weight is 258 g/mol. The molecule has 0 bridgehead atoms. The van der Waals surface area contributed by atoms with E-state index in [2.05, 4.69) is 11.0 Å². The summed E-state index contributed by atoms with van der Waals surface area (Å²) in [5.41, 5.74) is 1.63. The Kier molecular flexibility index (Phi) is 3.06. The van der Waals surface area contributed by atoms with Gasteiger partial charge in [-0.05, 0) is 29.5 Å². The lowest BCUT2D eigenvalue weighted by Crippen LogP contribution is -2.31. The molecule has 4 nitrogen and oxygen atoms in total. The van der Waals surface area contributed by atoms with Crippen LogP contribution in [0.1, 0.15) is 11.1 Å². The Hall–Kier alpha value is -1.41. The normalized spacial score (nSPS) is 27.8. The van der Waals surface area contributed by atoms with Crippen LogP contribution in [-0.2, 0) is 6.54 Å². The van der Waals surface area contributed by atoms with E-state index in [0.29, 0.717) is 17.4 Å². The van der Waals surface area contributed by atoms with Crippen LogP contribution in [0, 0.1) is 28.6 Å². The van der Waals surface area contributed by atoms with Crippen LogP contribution in [-0.4, -0.2) is 41.4 Å². The zero-order chi connectivity index (χ0) is 13.5. The lowest BCUT2D eigenvalue weighted by Gasteiger charge is -2.24. The average Bonchev–Trinajstić information content (AvgIpc) is 2.81. The van der Waals surface area contributed by atoms with Crippen molar-refractivity contribution < 1.29 is 10.2 Å². The number of piperidine rings is 1. The molecule has 1 saturated carbocycles. The molecule has 1 aliphatic heterocycles. The lowest BCUT2D eigenvalue weighted by molar-refractivity contribution is 0.0869. The summed E-state index contributed by atoms with van der Waals surface area (Å²) in [6.45, 7) is 2.90. The SMILES string of the molecule is N#Cc1cccc(CN2CC3C(C2)C3(CO)CO)c1. The number of aliphatic hydroxyl groups is 2. The molecule has 2 unspecified atom stereocenters. The van der Waals surface area contributed by atoms with E-state index in [-0.39, 0.29) is 18.6 Å². The maximum Gasteiger partial charge on any atom is 0.0991 e. The first-order valence-corrected chi connectivity index (χ1v) is 6.66. The van der Waals surface area contributed by atoms with Gasteiger partial charge in [0.05, 0.1) is 24.8 Å². The second kappa shape index (κ2) is 4.61. The number of rotatable bonds is 4. The first-order valence-electron chi connectivity index (χ1n) is 6.66.